The summed E-state index contributed by atoms with van der Waals surface area (Å²) in [4.78, 5) is 29.0. The van der Waals surface area contributed by atoms with Crippen molar-refractivity contribution in [3.63, 3.8) is 0 Å². The summed E-state index contributed by atoms with van der Waals surface area (Å²) in [6.45, 7) is 4.65. The summed E-state index contributed by atoms with van der Waals surface area (Å²) in [6.07, 6.45) is 0.896. The van der Waals surface area contributed by atoms with Gasteiger partial charge in [0.1, 0.15) is 17.5 Å². The molecule has 1 N–H and O–H groups in total. The van der Waals surface area contributed by atoms with Crippen LogP contribution in [0.4, 0.5) is 5.69 Å². The largest absolute Gasteiger partial charge is 0.457 e. The van der Waals surface area contributed by atoms with Crippen LogP contribution in [0.25, 0.3) is 0 Å². The second kappa shape index (κ2) is 8.66. The minimum absolute atomic E-state index is 0.0336. The Morgan fingerprint density at radius 1 is 1.10 bits per heavy atom. The number of likely N-dealkylation sites (N-methyl/N-ethyl adjacent to an activating group) is 1. The van der Waals surface area contributed by atoms with Gasteiger partial charge >= 0.3 is 0 Å². The van der Waals surface area contributed by atoms with Gasteiger partial charge in [-0.15, -0.1) is 0 Å². The summed E-state index contributed by atoms with van der Waals surface area (Å²) in [5, 5.41) is 3.01. The lowest BCUT2D eigenvalue weighted by atomic mass is 10.0. The molecule has 1 heterocycles. The van der Waals surface area contributed by atoms with Crippen molar-refractivity contribution in [1.29, 1.82) is 0 Å². The Morgan fingerprint density at radius 2 is 1.72 bits per heavy atom. The van der Waals surface area contributed by atoms with Crippen LogP contribution in [0.3, 0.4) is 0 Å². The molecule has 2 aromatic carbocycles. The highest BCUT2D eigenvalue weighted by Crippen LogP contribution is 2.30. The highest BCUT2D eigenvalue weighted by atomic mass is 16.5. The van der Waals surface area contributed by atoms with Crippen LogP contribution >= 0.6 is 0 Å². The molecule has 0 spiro atoms. The van der Waals surface area contributed by atoms with E-state index in [1.165, 1.54) is 0 Å². The number of benzene rings is 2. The van der Waals surface area contributed by atoms with Gasteiger partial charge in [0.05, 0.1) is 0 Å². The summed E-state index contributed by atoms with van der Waals surface area (Å²) in [5.41, 5.74) is 0.541. The van der Waals surface area contributed by atoms with Crippen molar-refractivity contribution in [3.05, 3.63) is 54.6 Å². The Labute approximate surface area is 172 Å². The van der Waals surface area contributed by atoms with Gasteiger partial charge in [-0.05, 0) is 70.8 Å². The van der Waals surface area contributed by atoms with Crippen LogP contribution in [-0.4, -0.2) is 48.9 Å². The molecule has 6 nitrogen and oxygen atoms in total. The fraction of sp³-hybridized carbons (Fsp3) is 0.391. The number of anilines is 1. The van der Waals surface area contributed by atoms with E-state index in [0.717, 1.165) is 5.75 Å². The highest BCUT2D eigenvalue weighted by molar-refractivity contribution is 6.03. The molecule has 2 amide bonds. The number of rotatable bonds is 7. The third-order valence-electron chi connectivity index (χ3n) is 5.51. The first-order valence-corrected chi connectivity index (χ1v) is 9.88. The summed E-state index contributed by atoms with van der Waals surface area (Å²) in [5.74, 6) is 1.28. The zero-order valence-electron chi connectivity index (χ0n) is 17.5. The number of ether oxygens (including phenoxy) is 1. The number of carbonyl (C=O) groups excluding carboxylic acids is 2. The monoisotopic (exact) mass is 395 g/mol. The van der Waals surface area contributed by atoms with Gasteiger partial charge in [0.2, 0.25) is 11.8 Å². The molecule has 3 rings (SSSR count). The Balaban J connectivity index is 1.69. The van der Waals surface area contributed by atoms with Crippen LogP contribution in [0, 0.1) is 0 Å². The number of hydrogen-bond donors (Lipinski definition) is 1. The van der Waals surface area contributed by atoms with Gasteiger partial charge in [-0.3, -0.25) is 14.5 Å². The number of para-hydroxylation sites is 1. The minimum atomic E-state index is -0.485. The van der Waals surface area contributed by atoms with Crippen LogP contribution in [0.15, 0.2) is 54.6 Å². The smallest absolute Gasteiger partial charge is 0.243 e. The van der Waals surface area contributed by atoms with E-state index in [1.54, 1.807) is 4.90 Å². The van der Waals surface area contributed by atoms with Gasteiger partial charge in [0, 0.05) is 24.2 Å². The Kier molecular flexibility index (Phi) is 6.23. The molecular formula is C23H29N3O3. The first-order valence-electron chi connectivity index (χ1n) is 9.88. The molecule has 1 unspecified atom stereocenters. The number of hydrogen-bond acceptors (Lipinski definition) is 4. The van der Waals surface area contributed by atoms with Crippen LogP contribution in [0.5, 0.6) is 11.5 Å². The SMILES string of the molecule is CN(C)C(C)(C)CNC(=O)C1CCC(=O)N1c1ccc(Oc2ccccc2)cc1. The molecule has 6 heteroatoms. The van der Waals surface area contributed by atoms with E-state index in [2.05, 4.69) is 24.1 Å². The molecular weight excluding hydrogens is 366 g/mol. The molecule has 29 heavy (non-hydrogen) atoms. The topological polar surface area (TPSA) is 61.9 Å². The van der Waals surface area contributed by atoms with Crippen molar-refractivity contribution in [2.45, 2.75) is 38.3 Å². The fourth-order valence-electron chi connectivity index (χ4n) is 3.13. The molecule has 1 aliphatic rings. The van der Waals surface area contributed by atoms with Crippen molar-refractivity contribution >= 4 is 17.5 Å². The third-order valence-corrected chi connectivity index (χ3v) is 5.51. The zero-order chi connectivity index (χ0) is 21.0. The molecule has 1 atom stereocenters. The quantitative estimate of drug-likeness (QED) is 0.780. The van der Waals surface area contributed by atoms with Gasteiger partial charge in [-0.1, -0.05) is 18.2 Å². The van der Waals surface area contributed by atoms with E-state index in [0.29, 0.717) is 30.8 Å². The van der Waals surface area contributed by atoms with Crippen molar-refractivity contribution in [2.24, 2.45) is 0 Å². The average Bonchev–Trinajstić information content (AvgIpc) is 3.09. The van der Waals surface area contributed by atoms with Crippen molar-refractivity contribution in [1.82, 2.24) is 10.2 Å². The molecule has 1 fully saturated rings. The van der Waals surface area contributed by atoms with Gasteiger partial charge in [-0.2, -0.15) is 0 Å². The second-order valence-electron chi connectivity index (χ2n) is 8.15. The molecule has 0 aromatic heterocycles. The molecule has 1 aliphatic heterocycles. The van der Waals surface area contributed by atoms with E-state index in [9.17, 15) is 9.59 Å². The predicted molar refractivity (Wildman–Crippen MR) is 114 cm³/mol. The van der Waals surface area contributed by atoms with E-state index >= 15 is 0 Å². The van der Waals surface area contributed by atoms with E-state index in [-0.39, 0.29) is 17.4 Å². The van der Waals surface area contributed by atoms with Gasteiger partial charge in [0.15, 0.2) is 0 Å². The number of nitrogens with zero attached hydrogens (tertiary/aromatic N) is 2. The van der Waals surface area contributed by atoms with Crippen LogP contribution in [0.1, 0.15) is 26.7 Å². The molecule has 0 aliphatic carbocycles. The summed E-state index contributed by atoms with van der Waals surface area (Å²) >= 11 is 0. The first kappa shape index (κ1) is 20.9. The van der Waals surface area contributed by atoms with Crippen molar-refractivity contribution in [3.8, 4) is 11.5 Å². The van der Waals surface area contributed by atoms with Crippen molar-refractivity contribution < 1.29 is 14.3 Å². The maximum absolute atomic E-state index is 12.8. The second-order valence-corrected chi connectivity index (χ2v) is 8.15. The maximum Gasteiger partial charge on any atom is 0.243 e. The van der Waals surface area contributed by atoms with Crippen molar-refractivity contribution in [2.75, 3.05) is 25.5 Å². The fourth-order valence-corrected chi connectivity index (χ4v) is 3.13. The Bertz CT molecular complexity index is 847. The Morgan fingerprint density at radius 3 is 2.34 bits per heavy atom. The summed E-state index contributed by atoms with van der Waals surface area (Å²) in [6, 6.07) is 16.3. The van der Waals surface area contributed by atoms with E-state index in [1.807, 2.05) is 68.7 Å². The number of nitrogens with one attached hydrogen (secondary N) is 1. The van der Waals surface area contributed by atoms with Gasteiger partial charge in [0.25, 0.3) is 0 Å². The summed E-state index contributed by atoms with van der Waals surface area (Å²) in [7, 11) is 3.97. The van der Waals surface area contributed by atoms with Crippen LogP contribution in [-0.2, 0) is 9.59 Å². The van der Waals surface area contributed by atoms with Gasteiger partial charge in [-0.25, -0.2) is 0 Å². The molecule has 0 bridgehead atoms. The molecule has 0 saturated carbocycles. The summed E-state index contributed by atoms with van der Waals surface area (Å²) < 4.78 is 5.81. The predicted octanol–water partition coefficient (Wildman–Crippen LogP) is 3.43. The third kappa shape index (κ3) is 4.95. The molecule has 154 valence electrons. The zero-order valence-corrected chi connectivity index (χ0v) is 17.5. The normalized spacial score (nSPS) is 16.9. The van der Waals surface area contributed by atoms with E-state index in [4.69, 9.17) is 4.74 Å². The number of amides is 2. The lowest BCUT2D eigenvalue weighted by molar-refractivity contribution is -0.124. The first-order chi connectivity index (χ1) is 13.8. The van der Waals surface area contributed by atoms with E-state index < -0.39 is 6.04 Å². The standard InChI is InChI=1S/C23H29N3O3/c1-23(2,25(3)4)16-24-22(28)20-14-15-21(27)26(20)17-10-12-19(13-11-17)29-18-8-6-5-7-9-18/h5-13,20H,14-16H2,1-4H3,(H,24,28). The average molecular weight is 396 g/mol. The minimum Gasteiger partial charge on any atom is -0.457 e. The molecule has 1 saturated heterocycles. The van der Waals surface area contributed by atoms with Gasteiger partial charge < -0.3 is 15.0 Å². The highest BCUT2D eigenvalue weighted by Gasteiger charge is 2.37. The lowest BCUT2D eigenvalue weighted by Gasteiger charge is -2.33. The maximum atomic E-state index is 12.8. The molecule has 2 aromatic rings. The lowest BCUT2D eigenvalue weighted by Crippen LogP contribution is -2.52. The van der Waals surface area contributed by atoms with Crippen LogP contribution < -0.4 is 15.0 Å². The van der Waals surface area contributed by atoms with Crippen LogP contribution in [0.2, 0.25) is 0 Å². The number of carbonyl (C=O) groups is 2. The molecule has 0 radical (unpaired) electrons. The Hall–Kier alpha value is -2.86.